The molecule has 0 radical (unpaired) electrons. The van der Waals surface area contributed by atoms with Gasteiger partial charge in [0.05, 0.1) is 19.1 Å². The summed E-state index contributed by atoms with van der Waals surface area (Å²) in [6, 6.07) is 9.98. The van der Waals surface area contributed by atoms with Crippen LogP contribution in [0.5, 0.6) is 0 Å². The Hall–Kier alpha value is -1.67. The minimum Gasteiger partial charge on any atom is -0.472 e. The van der Waals surface area contributed by atoms with Crippen molar-refractivity contribution in [3.8, 4) is 0 Å². The number of hydrogen-bond donors (Lipinski definition) is 0. The van der Waals surface area contributed by atoms with E-state index in [2.05, 4.69) is 16.8 Å². The molecule has 0 aliphatic heterocycles. The quantitative estimate of drug-likeness (QED) is 0.653. The summed E-state index contributed by atoms with van der Waals surface area (Å²) < 4.78 is 7.22. The van der Waals surface area contributed by atoms with Crippen molar-refractivity contribution in [2.75, 3.05) is 0 Å². The first-order chi connectivity index (χ1) is 7.83. The maximum Gasteiger partial charge on any atom is 0.0952 e. The van der Waals surface area contributed by atoms with Crippen LogP contribution in [0.4, 0.5) is 0 Å². The van der Waals surface area contributed by atoms with Crippen LogP contribution in [0.15, 0.2) is 53.5 Å². The Morgan fingerprint density at radius 1 is 1.19 bits per heavy atom. The van der Waals surface area contributed by atoms with Crippen molar-refractivity contribution in [1.82, 2.24) is 4.57 Å². The highest BCUT2D eigenvalue weighted by Crippen LogP contribution is 2.21. The molecule has 0 N–H and O–H groups in total. The van der Waals surface area contributed by atoms with Gasteiger partial charge in [-0.2, -0.15) is 0 Å². The van der Waals surface area contributed by atoms with Crippen LogP contribution in [0.2, 0.25) is 5.02 Å². The lowest BCUT2D eigenvalue weighted by molar-refractivity contribution is 0.562. The fourth-order valence-electron chi connectivity index (χ4n) is 1.87. The topological polar surface area (TPSA) is 18.1 Å². The summed E-state index contributed by atoms with van der Waals surface area (Å²) in [5.41, 5.74) is 2.30. The number of aromatic nitrogens is 1. The average molecular weight is 232 g/mol. The molecule has 0 unspecified atom stereocenters. The third kappa shape index (κ3) is 1.61. The molecule has 0 spiro atoms. The van der Waals surface area contributed by atoms with E-state index in [4.69, 9.17) is 16.0 Å². The molecule has 2 nitrogen and oxygen atoms in total. The Balaban J connectivity index is 2.07. The van der Waals surface area contributed by atoms with Gasteiger partial charge in [-0.05, 0) is 29.7 Å². The van der Waals surface area contributed by atoms with E-state index in [1.54, 1.807) is 12.5 Å². The van der Waals surface area contributed by atoms with E-state index in [1.165, 1.54) is 5.39 Å². The van der Waals surface area contributed by atoms with Crippen LogP contribution in [0, 0.1) is 0 Å². The molecular weight excluding hydrogens is 222 g/mol. The van der Waals surface area contributed by atoms with E-state index < -0.39 is 0 Å². The van der Waals surface area contributed by atoms with Gasteiger partial charge in [-0.3, -0.25) is 0 Å². The van der Waals surface area contributed by atoms with Gasteiger partial charge in [0.1, 0.15) is 0 Å². The minimum atomic E-state index is 0.764. The van der Waals surface area contributed by atoms with Crippen molar-refractivity contribution in [2.45, 2.75) is 6.54 Å². The zero-order valence-corrected chi connectivity index (χ0v) is 9.32. The second-order valence-electron chi connectivity index (χ2n) is 3.78. The Bertz CT molecular complexity index is 610. The van der Waals surface area contributed by atoms with Crippen LogP contribution in [-0.2, 0) is 6.54 Å². The Kier molecular flexibility index (Phi) is 2.22. The van der Waals surface area contributed by atoms with Crippen molar-refractivity contribution in [1.29, 1.82) is 0 Å². The number of furan rings is 1. The Morgan fingerprint density at radius 3 is 2.94 bits per heavy atom. The zero-order valence-electron chi connectivity index (χ0n) is 8.56. The molecule has 0 fully saturated rings. The molecule has 3 rings (SSSR count). The van der Waals surface area contributed by atoms with Crippen LogP contribution in [0.25, 0.3) is 10.9 Å². The first kappa shape index (κ1) is 9.55. The van der Waals surface area contributed by atoms with Crippen molar-refractivity contribution in [3.63, 3.8) is 0 Å². The van der Waals surface area contributed by atoms with Gasteiger partial charge in [0.25, 0.3) is 0 Å². The molecule has 80 valence electrons. The van der Waals surface area contributed by atoms with E-state index in [0.717, 1.165) is 22.6 Å². The first-order valence-corrected chi connectivity index (χ1v) is 5.46. The minimum absolute atomic E-state index is 0.764. The summed E-state index contributed by atoms with van der Waals surface area (Å²) in [7, 11) is 0. The molecule has 3 aromatic rings. The van der Waals surface area contributed by atoms with E-state index in [0.29, 0.717) is 0 Å². The van der Waals surface area contributed by atoms with Crippen LogP contribution < -0.4 is 0 Å². The summed E-state index contributed by atoms with van der Waals surface area (Å²) in [6.07, 6.45) is 5.51. The summed E-state index contributed by atoms with van der Waals surface area (Å²) in [5.74, 6) is 0. The lowest BCUT2D eigenvalue weighted by Crippen LogP contribution is -1.95. The summed E-state index contributed by atoms with van der Waals surface area (Å²) in [6.45, 7) is 0.806. The van der Waals surface area contributed by atoms with Gasteiger partial charge in [0, 0.05) is 22.3 Å². The molecule has 3 heteroatoms. The van der Waals surface area contributed by atoms with Gasteiger partial charge < -0.3 is 8.98 Å². The number of halogens is 1. The molecule has 0 saturated carbocycles. The molecule has 1 aromatic carbocycles. The van der Waals surface area contributed by atoms with Gasteiger partial charge in [0.15, 0.2) is 0 Å². The maximum absolute atomic E-state index is 6.00. The molecule has 0 aliphatic carbocycles. The maximum atomic E-state index is 6.00. The second kappa shape index (κ2) is 3.72. The molecule has 2 aromatic heterocycles. The molecule has 0 bridgehead atoms. The average Bonchev–Trinajstić information content (AvgIpc) is 2.90. The highest BCUT2D eigenvalue weighted by atomic mass is 35.5. The zero-order chi connectivity index (χ0) is 11.0. The molecule has 16 heavy (non-hydrogen) atoms. The number of nitrogens with zero attached hydrogens (tertiary/aromatic N) is 1. The van der Waals surface area contributed by atoms with E-state index >= 15 is 0 Å². The summed E-state index contributed by atoms with van der Waals surface area (Å²) in [4.78, 5) is 0. The molecule has 0 saturated heterocycles. The smallest absolute Gasteiger partial charge is 0.0952 e. The molecule has 0 atom stereocenters. The Morgan fingerprint density at radius 2 is 2.12 bits per heavy atom. The highest BCUT2D eigenvalue weighted by molar-refractivity contribution is 6.31. The van der Waals surface area contributed by atoms with Crippen molar-refractivity contribution >= 4 is 22.5 Å². The SMILES string of the molecule is Clc1ccc2ccn(Cc3ccoc3)c2c1. The lowest BCUT2D eigenvalue weighted by Gasteiger charge is -2.03. The number of fused-ring (bicyclic) bond motifs is 1. The van der Waals surface area contributed by atoms with Gasteiger partial charge >= 0.3 is 0 Å². The molecule has 0 aliphatic rings. The molecular formula is C13H10ClNO. The highest BCUT2D eigenvalue weighted by Gasteiger charge is 2.03. The monoisotopic (exact) mass is 231 g/mol. The second-order valence-corrected chi connectivity index (χ2v) is 4.21. The van der Waals surface area contributed by atoms with Crippen LogP contribution >= 0.6 is 11.6 Å². The number of rotatable bonds is 2. The van der Waals surface area contributed by atoms with Gasteiger partial charge in [-0.25, -0.2) is 0 Å². The van der Waals surface area contributed by atoms with Gasteiger partial charge in [-0.1, -0.05) is 17.7 Å². The number of benzene rings is 1. The van der Waals surface area contributed by atoms with E-state index in [1.807, 2.05) is 24.3 Å². The number of hydrogen-bond acceptors (Lipinski definition) is 1. The third-order valence-electron chi connectivity index (χ3n) is 2.67. The largest absolute Gasteiger partial charge is 0.472 e. The standard InChI is InChI=1S/C13H10ClNO/c14-12-2-1-11-3-5-15(13(11)7-12)8-10-4-6-16-9-10/h1-7,9H,8H2. The van der Waals surface area contributed by atoms with Crippen LogP contribution in [0.3, 0.4) is 0 Å². The fraction of sp³-hybridized carbons (Fsp3) is 0.0769. The Labute approximate surface area is 98.1 Å². The van der Waals surface area contributed by atoms with Gasteiger partial charge in [0.2, 0.25) is 0 Å². The van der Waals surface area contributed by atoms with Crippen LogP contribution in [0.1, 0.15) is 5.56 Å². The van der Waals surface area contributed by atoms with Gasteiger partial charge in [-0.15, -0.1) is 0 Å². The summed E-state index contributed by atoms with van der Waals surface area (Å²) >= 11 is 6.00. The van der Waals surface area contributed by atoms with Crippen molar-refractivity contribution in [3.05, 3.63) is 59.6 Å². The molecule has 0 amide bonds. The van der Waals surface area contributed by atoms with Crippen LogP contribution in [-0.4, -0.2) is 4.57 Å². The van der Waals surface area contributed by atoms with Crippen molar-refractivity contribution in [2.24, 2.45) is 0 Å². The van der Waals surface area contributed by atoms with E-state index in [-0.39, 0.29) is 0 Å². The lowest BCUT2D eigenvalue weighted by atomic mass is 10.2. The van der Waals surface area contributed by atoms with Crippen molar-refractivity contribution < 1.29 is 4.42 Å². The molecule has 2 heterocycles. The first-order valence-electron chi connectivity index (χ1n) is 5.08. The third-order valence-corrected chi connectivity index (χ3v) is 2.90. The predicted octanol–water partition coefficient (Wildman–Crippen LogP) is 3.94. The summed E-state index contributed by atoms with van der Waals surface area (Å²) in [5, 5.41) is 1.97. The fourth-order valence-corrected chi connectivity index (χ4v) is 2.04. The normalized spacial score (nSPS) is 11.1. The van der Waals surface area contributed by atoms with E-state index in [9.17, 15) is 0 Å². The predicted molar refractivity (Wildman–Crippen MR) is 64.8 cm³/mol.